The summed E-state index contributed by atoms with van der Waals surface area (Å²) in [6.07, 6.45) is -4.63. The average molecular weight is 350 g/mol. The van der Waals surface area contributed by atoms with E-state index in [2.05, 4.69) is 11.2 Å². The van der Waals surface area contributed by atoms with Gasteiger partial charge in [0.05, 0.1) is 16.4 Å². The monoisotopic (exact) mass is 349 g/mol. The summed E-state index contributed by atoms with van der Waals surface area (Å²) in [7, 11) is 0. The molecule has 0 atom stereocenters. The van der Waals surface area contributed by atoms with Crippen molar-refractivity contribution >= 4 is 11.6 Å². The van der Waals surface area contributed by atoms with Crippen LogP contribution in [-0.2, 0) is 6.18 Å². The van der Waals surface area contributed by atoms with E-state index in [0.717, 1.165) is 11.1 Å². The van der Waals surface area contributed by atoms with Crippen molar-refractivity contribution in [2.24, 2.45) is 0 Å². The molecule has 0 N–H and O–H groups in total. The molecule has 123 valence electrons. The molecule has 2 aromatic carbocycles. The van der Waals surface area contributed by atoms with Crippen LogP contribution in [0.1, 0.15) is 16.8 Å². The average Bonchev–Trinajstić information content (AvgIpc) is 2.86. The SMILES string of the molecule is Cc1ccc(-c2c(Cl)c(C(F)(F)F)nn2-c2[c]ccc(C)c2)cc1. The number of halogens is 4. The number of aromatic nitrogens is 2. The molecule has 6 heteroatoms. The molecular formula is C18H13ClF3N2. The largest absolute Gasteiger partial charge is 0.436 e. The minimum Gasteiger partial charge on any atom is -0.230 e. The number of hydrogen-bond acceptors (Lipinski definition) is 1. The Morgan fingerprint density at radius 1 is 1.04 bits per heavy atom. The second-order valence-corrected chi connectivity index (χ2v) is 5.92. The van der Waals surface area contributed by atoms with Crippen LogP contribution in [0, 0.1) is 19.9 Å². The van der Waals surface area contributed by atoms with Gasteiger partial charge < -0.3 is 0 Å². The van der Waals surface area contributed by atoms with Crippen LogP contribution in [0.2, 0.25) is 5.02 Å². The van der Waals surface area contributed by atoms with E-state index in [9.17, 15) is 13.2 Å². The fourth-order valence-electron chi connectivity index (χ4n) is 2.40. The van der Waals surface area contributed by atoms with Gasteiger partial charge in [-0.15, -0.1) is 0 Å². The van der Waals surface area contributed by atoms with Gasteiger partial charge in [-0.25, -0.2) is 4.68 Å². The number of nitrogens with zero attached hydrogens (tertiary/aromatic N) is 2. The van der Waals surface area contributed by atoms with Crippen LogP contribution < -0.4 is 0 Å². The van der Waals surface area contributed by atoms with Gasteiger partial charge in [0, 0.05) is 11.6 Å². The Hall–Kier alpha value is -2.27. The summed E-state index contributed by atoms with van der Waals surface area (Å²) < 4.78 is 40.9. The summed E-state index contributed by atoms with van der Waals surface area (Å²) in [6, 6.07) is 15.2. The van der Waals surface area contributed by atoms with E-state index >= 15 is 0 Å². The Bertz CT molecular complexity index is 880. The van der Waals surface area contributed by atoms with Gasteiger partial charge in [0.1, 0.15) is 0 Å². The lowest BCUT2D eigenvalue weighted by molar-refractivity contribution is -0.141. The minimum atomic E-state index is -4.63. The van der Waals surface area contributed by atoms with Crippen LogP contribution >= 0.6 is 11.6 Å². The van der Waals surface area contributed by atoms with Gasteiger partial charge in [-0.1, -0.05) is 53.6 Å². The molecule has 0 fully saturated rings. The third-order valence-electron chi connectivity index (χ3n) is 3.59. The van der Waals surface area contributed by atoms with Gasteiger partial charge in [-0.3, -0.25) is 0 Å². The fourth-order valence-corrected chi connectivity index (χ4v) is 2.74. The van der Waals surface area contributed by atoms with E-state index in [1.165, 1.54) is 4.68 Å². The quantitative estimate of drug-likeness (QED) is 0.586. The first-order valence-corrected chi connectivity index (χ1v) is 7.56. The standard InChI is InChI=1S/C18H13ClF3N2/c1-11-6-8-13(9-7-11)16-15(19)17(18(20,21)22)23-24(16)14-5-3-4-12(2)10-14/h3-4,6-10H,1-2H3. The van der Waals surface area contributed by atoms with Crippen LogP contribution in [-0.4, -0.2) is 9.78 Å². The van der Waals surface area contributed by atoms with E-state index < -0.39 is 16.9 Å². The predicted octanol–water partition coefficient (Wildman–Crippen LogP) is 5.63. The lowest BCUT2D eigenvalue weighted by Gasteiger charge is -2.09. The van der Waals surface area contributed by atoms with Crippen LogP contribution in [0.25, 0.3) is 16.9 Å². The van der Waals surface area contributed by atoms with E-state index in [1.807, 2.05) is 32.0 Å². The summed E-state index contributed by atoms with van der Waals surface area (Å²) in [4.78, 5) is 0. The molecule has 1 heterocycles. The molecule has 3 aromatic rings. The lowest BCUT2D eigenvalue weighted by atomic mass is 10.1. The molecule has 2 nitrogen and oxygen atoms in total. The Balaban J connectivity index is 2.29. The molecule has 0 spiro atoms. The van der Waals surface area contributed by atoms with E-state index in [-0.39, 0.29) is 5.69 Å². The van der Waals surface area contributed by atoms with E-state index in [0.29, 0.717) is 11.3 Å². The molecule has 0 aliphatic heterocycles. The third kappa shape index (κ3) is 3.04. The van der Waals surface area contributed by atoms with Crippen molar-refractivity contribution < 1.29 is 13.2 Å². The molecule has 3 rings (SSSR count). The zero-order valence-corrected chi connectivity index (χ0v) is 13.7. The van der Waals surface area contributed by atoms with Crippen LogP contribution in [0.3, 0.4) is 0 Å². The van der Waals surface area contributed by atoms with Crippen molar-refractivity contribution in [3.8, 4) is 16.9 Å². The maximum absolute atomic E-state index is 13.2. The van der Waals surface area contributed by atoms with E-state index in [4.69, 9.17) is 11.6 Å². The second kappa shape index (κ2) is 5.98. The highest BCUT2D eigenvalue weighted by Crippen LogP contribution is 2.40. The van der Waals surface area contributed by atoms with Gasteiger partial charge in [0.15, 0.2) is 5.69 Å². The highest BCUT2D eigenvalue weighted by atomic mass is 35.5. The number of alkyl halides is 3. The Labute approximate surface area is 142 Å². The van der Waals surface area contributed by atoms with Crippen molar-refractivity contribution in [1.29, 1.82) is 0 Å². The van der Waals surface area contributed by atoms with Crippen molar-refractivity contribution in [2.75, 3.05) is 0 Å². The maximum Gasteiger partial charge on any atom is 0.436 e. The number of rotatable bonds is 2. The first kappa shape index (κ1) is 16.6. The summed E-state index contributed by atoms with van der Waals surface area (Å²) in [5, 5.41) is 3.30. The van der Waals surface area contributed by atoms with Crippen molar-refractivity contribution in [2.45, 2.75) is 20.0 Å². The lowest BCUT2D eigenvalue weighted by Crippen LogP contribution is -2.08. The summed E-state index contributed by atoms with van der Waals surface area (Å²) in [6.45, 7) is 3.75. The molecule has 1 radical (unpaired) electrons. The molecule has 0 bridgehead atoms. The zero-order valence-electron chi connectivity index (χ0n) is 12.9. The Kier molecular flexibility index (Phi) is 4.13. The maximum atomic E-state index is 13.2. The smallest absolute Gasteiger partial charge is 0.230 e. The molecule has 0 unspecified atom stereocenters. The normalized spacial score (nSPS) is 11.8. The molecule has 0 aliphatic rings. The first-order valence-electron chi connectivity index (χ1n) is 7.19. The fraction of sp³-hybridized carbons (Fsp3) is 0.167. The highest BCUT2D eigenvalue weighted by Gasteiger charge is 2.39. The third-order valence-corrected chi connectivity index (χ3v) is 3.95. The number of hydrogen-bond donors (Lipinski definition) is 0. The predicted molar refractivity (Wildman–Crippen MR) is 87.3 cm³/mol. The highest BCUT2D eigenvalue weighted by molar-refractivity contribution is 6.34. The summed E-state index contributed by atoms with van der Waals surface area (Å²) in [5.41, 5.74) is 1.95. The molecule has 0 saturated heterocycles. The van der Waals surface area contributed by atoms with Gasteiger partial charge in [-0.05, 0) is 25.5 Å². The van der Waals surface area contributed by atoms with Gasteiger partial charge in [0.2, 0.25) is 0 Å². The first-order chi connectivity index (χ1) is 11.3. The molecule has 1 aromatic heterocycles. The van der Waals surface area contributed by atoms with Crippen molar-refractivity contribution in [3.05, 3.63) is 70.4 Å². The van der Waals surface area contributed by atoms with Gasteiger partial charge >= 0.3 is 6.18 Å². The zero-order chi connectivity index (χ0) is 17.5. The molecule has 0 amide bonds. The molecule has 0 saturated carbocycles. The van der Waals surface area contributed by atoms with Gasteiger partial charge in [0.25, 0.3) is 0 Å². The van der Waals surface area contributed by atoms with Crippen LogP contribution in [0.15, 0.2) is 42.5 Å². The van der Waals surface area contributed by atoms with Crippen molar-refractivity contribution in [1.82, 2.24) is 9.78 Å². The minimum absolute atomic E-state index is 0.200. The second-order valence-electron chi connectivity index (χ2n) is 5.54. The number of benzene rings is 2. The Morgan fingerprint density at radius 3 is 2.29 bits per heavy atom. The Morgan fingerprint density at radius 2 is 1.71 bits per heavy atom. The van der Waals surface area contributed by atoms with E-state index in [1.54, 1.807) is 24.3 Å². The summed E-state index contributed by atoms with van der Waals surface area (Å²) in [5.74, 6) is 0. The van der Waals surface area contributed by atoms with Crippen molar-refractivity contribution in [3.63, 3.8) is 0 Å². The van der Waals surface area contributed by atoms with Gasteiger partial charge in [-0.2, -0.15) is 18.3 Å². The molecule has 24 heavy (non-hydrogen) atoms. The molecular weight excluding hydrogens is 337 g/mol. The topological polar surface area (TPSA) is 17.8 Å². The number of aryl methyl sites for hydroxylation is 2. The summed E-state index contributed by atoms with van der Waals surface area (Å²) >= 11 is 6.06. The molecule has 0 aliphatic carbocycles. The van der Waals surface area contributed by atoms with Crippen LogP contribution in [0.5, 0.6) is 0 Å². The van der Waals surface area contributed by atoms with Crippen LogP contribution in [0.4, 0.5) is 13.2 Å².